The van der Waals surface area contributed by atoms with E-state index in [2.05, 4.69) is 22.4 Å². The first-order valence-electron chi connectivity index (χ1n) is 11.2. The van der Waals surface area contributed by atoms with Crippen molar-refractivity contribution in [1.29, 1.82) is 0 Å². The Morgan fingerprint density at radius 1 is 0.857 bits per heavy atom. The van der Waals surface area contributed by atoms with Crippen LogP contribution < -0.4 is 10.1 Å². The van der Waals surface area contributed by atoms with Crippen LogP contribution in [-0.2, 0) is 4.79 Å². The van der Waals surface area contributed by atoms with E-state index in [1.54, 1.807) is 56.3 Å². The topological polar surface area (TPSA) is 64.4 Å². The van der Waals surface area contributed by atoms with Crippen molar-refractivity contribution in [2.24, 2.45) is 0 Å². The average Bonchev–Trinajstić information content (AvgIpc) is 3.29. The molecule has 1 aromatic heterocycles. The lowest BCUT2D eigenvalue weighted by Crippen LogP contribution is -2.42. The van der Waals surface area contributed by atoms with Crippen molar-refractivity contribution in [1.82, 2.24) is 4.98 Å². The minimum absolute atomic E-state index is 0.285. The van der Waals surface area contributed by atoms with E-state index >= 15 is 0 Å². The number of hydrogen-bond donors (Lipinski definition) is 1. The van der Waals surface area contributed by atoms with Gasteiger partial charge < -0.3 is 14.5 Å². The number of aromatic nitrogens is 1. The number of anilines is 1. The first-order chi connectivity index (χ1) is 16.9. The van der Waals surface area contributed by atoms with Crippen molar-refractivity contribution in [3.05, 3.63) is 102 Å². The summed E-state index contributed by atoms with van der Waals surface area (Å²) in [7, 11) is 0. The number of nitrogens with one attached hydrogen (secondary N) is 1. The van der Waals surface area contributed by atoms with Crippen LogP contribution in [0.1, 0.15) is 13.8 Å². The van der Waals surface area contributed by atoms with E-state index < -0.39 is 5.60 Å². The molecule has 0 atom stereocenters. The number of ether oxygens (including phenoxy) is 1. The zero-order chi connectivity index (χ0) is 24.4. The zero-order valence-electron chi connectivity index (χ0n) is 19.3. The highest BCUT2D eigenvalue weighted by Gasteiger charge is 2.30. The molecule has 5 aromatic rings. The number of rotatable bonds is 6. The first kappa shape index (κ1) is 22.7. The zero-order valence-corrected chi connectivity index (χ0v) is 20.0. The predicted octanol–water partition coefficient (Wildman–Crippen LogP) is 7.61. The number of benzene rings is 4. The summed E-state index contributed by atoms with van der Waals surface area (Å²) < 4.78 is 11.8. The van der Waals surface area contributed by atoms with E-state index in [0.717, 1.165) is 16.7 Å². The summed E-state index contributed by atoms with van der Waals surface area (Å²) in [5.41, 5.74) is 3.96. The molecular weight excluding hydrogens is 460 g/mol. The van der Waals surface area contributed by atoms with Gasteiger partial charge in [0, 0.05) is 16.3 Å². The Morgan fingerprint density at radius 2 is 1.51 bits per heavy atom. The van der Waals surface area contributed by atoms with Gasteiger partial charge in [-0.05, 0) is 79.6 Å². The van der Waals surface area contributed by atoms with Crippen molar-refractivity contribution < 1.29 is 13.9 Å². The van der Waals surface area contributed by atoms with Crippen molar-refractivity contribution in [2.75, 3.05) is 5.32 Å². The minimum Gasteiger partial charge on any atom is -0.478 e. The average molecular weight is 483 g/mol. The molecule has 0 aliphatic carbocycles. The summed E-state index contributed by atoms with van der Waals surface area (Å²) in [5.74, 6) is 0.797. The third-order valence-corrected chi connectivity index (χ3v) is 5.87. The van der Waals surface area contributed by atoms with Gasteiger partial charge in [-0.1, -0.05) is 54.1 Å². The van der Waals surface area contributed by atoms with Crippen molar-refractivity contribution in [2.45, 2.75) is 19.4 Å². The smallest absolute Gasteiger partial charge is 0.267 e. The van der Waals surface area contributed by atoms with Gasteiger partial charge in [-0.3, -0.25) is 4.79 Å². The molecular formula is C29H23ClN2O3. The number of amides is 1. The maximum Gasteiger partial charge on any atom is 0.267 e. The second-order valence-corrected chi connectivity index (χ2v) is 9.10. The summed E-state index contributed by atoms with van der Waals surface area (Å²) in [5, 5.41) is 3.51. The molecule has 6 heteroatoms. The molecule has 4 aromatic carbocycles. The van der Waals surface area contributed by atoms with Gasteiger partial charge >= 0.3 is 0 Å². The molecule has 0 radical (unpaired) electrons. The number of halogens is 1. The van der Waals surface area contributed by atoms with Crippen LogP contribution in [0.15, 0.2) is 101 Å². The van der Waals surface area contributed by atoms with Crippen molar-refractivity contribution >= 4 is 34.3 Å². The van der Waals surface area contributed by atoms with Gasteiger partial charge in [-0.2, -0.15) is 0 Å². The van der Waals surface area contributed by atoms with Gasteiger partial charge in [0.25, 0.3) is 5.91 Å². The SMILES string of the molecule is CC(C)(Oc1ccc(Cl)cc1)C(=O)Nc1ccc2oc(-c3ccc(-c4ccccc4)cc3)nc2c1. The summed E-state index contributed by atoms with van der Waals surface area (Å²) in [6.07, 6.45) is 0. The molecule has 0 saturated heterocycles. The van der Waals surface area contributed by atoms with E-state index in [1.165, 1.54) is 0 Å². The van der Waals surface area contributed by atoms with Crippen LogP contribution in [0.5, 0.6) is 5.75 Å². The molecule has 5 nitrogen and oxygen atoms in total. The van der Waals surface area contributed by atoms with Crippen LogP contribution in [0, 0.1) is 0 Å². The number of oxazole rings is 1. The van der Waals surface area contributed by atoms with Crippen LogP contribution in [0.3, 0.4) is 0 Å². The maximum absolute atomic E-state index is 12.9. The van der Waals surface area contributed by atoms with E-state index in [9.17, 15) is 4.79 Å². The maximum atomic E-state index is 12.9. The lowest BCUT2D eigenvalue weighted by molar-refractivity contribution is -0.128. The third-order valence-electron chi connectivity index (χ3n) is 5.62. The van der Waals surface area contributed by atoms with Gasteiger partial charge in [-0.15, -0.1) is 0 Å². The standard InChI is InChI=1S/C29H23ClN2O3/c1-29(2,35-24-15-12-22(30)13-16-24)28(33)31-23-14-17-26-25(18-23)32-27(34-26)21-10-8-20(9-11-21)19-6-4-3-5-7-19/h3-18H,1-2H3,(H,31,33). The Labute approximate surface area is 208 Å². The fourth-order valence-corrected chi connectivity index (χ4v) is 3.82. The second-order valence-electron chi connectivity index (χ2n) is 8.67. The Morgan fingerprint density at radius 3 is 2.23 bits per heavy atom. The van der Waals surface area contributed by atoms with Crippen LogP contribution in [-0.4, -0.2) is 16.5 Å². The molecule has 1 heterocycles. The van der Waals surface area contributed by atoms with Crippen LogP contribution >= 0.6 is 11.6 Å². The highest BCUT2D eigenvalue weighted by Crippen LogP contribution is 2.29. The van der Waals surface area contributed by atoms with E-state index in [1.807, 2.05) is 42.5 Å². The van der Waals surface area contributed by atoms with Crippen LogP contribution in [0.2, 0.25) is 5.02 Å². The number of nitrogens with zero attached hydrogens (tertiary/aromatic N) is 1. The monoisotopic (exact) mass is 482 g/mol. The first-order valence-corrected chi connectivity index (χ1v) is 11.6. The van der Waals surface area contributed by atoms with Gasteiger partial charge in [0.15, 0.2) is 11.2 Å². The van der Waals surface area contributed by atoms with Gasteiger partial charge in [0.2, 0.25) is 5.89 Å². The summed E-state index contributed by atoms with van der Waals surface area (Å²) in [6.45, 7) is 3.42. The van der Waals surface area contributed by atoms with Crippen molar-refractivity contribution in [3.8, 4) is 28.3 Å². The third kappa shape index (κ3) is 5.05. The second kappa shape index (κ2) is 9.28. The molecule has 35 heavy (non-hydrogen) atoms. The molecule has 5 rings (SSSR count). The van der Waals surface area contributed by atoms with E-state index in [4.69, 9.17) is 20.8 Å². The number of fused-ring (bicyclic) bond motifs is 1. The van der Waals surface area contributed by atoms with Crippen molar-refractivity contribution in [3.63, 3.8) is 0 Å². The normalized spacial score (nSPS) is 11.4. The van der Waals surface area contributed by atoms with Gasteiger partial charge in [-0.25, -0.2) is 4.98 Å². The van der Waals surface area contributed by atoms with E-state index in [0.29, 0.717) is 33.4 Å². The van der Waals surface area contributed by atoms with E-state index in [-0.39, 0.29) is 5.91 Å². The molecule has 174 valence electrons. The molecule has 1 amide bonds. The van der Waals surface area contributed by atoms with Crippen LogP contribution in [0.25, 0.3) is 33.7 Å². The number of carbonyl (C=O) groups is 1. The highest BCUT2D eigenvalue weighted by molar-refractivity contribution is 6.30. The molecule has 0 fully saturated rings. The number of hydrogen-bond acceptors (Lipinski definition) is 4. The predicted molar refractivity (Wildman–Crippen MR) is 140 cm³/mol. The molecule has 0 aliphatic rings. The van der Waals surface area contributed by atoms with Gasteiger partial charge in [0.05, 0.1) is 0 Å². The fraction of sp³-hybridized carbons (Fsp3) is 0.103. The number of carbonyl (C=O) groups excluding carboxylic acids is 1. The summed E-state index contributed by atoms with van der Waals surface area (Å²) >= 11 is 5.93. The fourth-order valence-electron chi connectivity index (χ4n) is 3.69. The minimum atomic E-state index is -1.10. The molecule has 0 spiro atoms. The molecule has 1 N–H and O–H groups in total. The summed E-state index contributed by atoms with van der Waals surface area (Å²) in [6, 6.07) is 30.5. The van der Waals surface area contributed by atoms with Gasteiger partial charge in [0.1, 0.15) is 11.3 Å². The molecule has 0 bridgehead atoms. The van der Waals surface area contributed by atoms with Crippen LogP contribution in [0.4, 0.5) is 5.69 Å². The Kier molecular flexibility index (Phi) is 6.01. The summed E-state index contributed by atoms with van der Waals surface area (Å²) in [4.78, 5) is 17.5. The molecule has 0 saturated carbocycles. The quantitative estimate of drug-likeness (QED) is 0.270. The lowest BCUT2D eigenvalue weighted by Gasteiger charge is -2.25. The lowest BCUT2D eigenvalue weighted by atomic mass is 10.0. The Bertz CT molecular complexity index is 1470. The Balaban J connectivity index is 1.32. The molecule has 0 unspecified atom stereocenters. The largest absolute Gasteiger partial charge is 0.478 e. The Hall–Kier alpha value is -4.09. The molecule has 0 aliphatic heterocycles. The highest BCUT2D eigenvalue weighted by atomic mass is 35.5.